The molecule has 1 heterocycles. The van der Waals surface area contributed by atoms with Crippen LogP contribution in [0, 0.1) is 11.6 Å². The normalized spacial score (nSPS) is 18.8. The van der Waals surface area contributed by atoms with Crippen LogP contribution in [0.4, 0.5) is 17.6 Å². The van der Waals surface area contributed by atoms with Crippen LogP contribution in [-0.4, -0.2) is 37.5 Å². The van der Waals surface area contributed by atoms with Crippen molar-refractivity contribution in [1.29, 1.82) is 0 Å². The topological polar surface area (TPSA) is 15.3 Å². The van der Waals surface area contributed by atoms with Gasteiger partial charge in [-0.05, 0) is 17.7 Å². The van der Waals surface area contributed by atoms with Crippen molar-refractivity contribution in [2.45, 2.75) is 18.9 Å². The molecule has 0 bridgehead atoms. The number of nitrogens with zero attached hydrogens (tertiary/aromatic N) is 1. The first-order valence-corrected chi connectivity index (χ1v) is 6.25. The summed E-state index contributed by atoms with van der Waals surface area (Å²) in [5.74, 6) is -1.46. The number of hydrogen-bond acceptors (Lipinski definition) is 2. The highest BCUT2D eigenvalue weighted by molar-refractivity contribution is 5.22. The Morgan fingerprint density at radius 1 is 1.05 bits per heavy atom. The lowest BCUT2D eigenvalue weighted by atomic mass is 10.0. The highest BCUT2D eigenvalue weighted by Crippen LogP contribution is 2.28. The van der Waals surface area contributed by atoms with Crippen molar-refractivity contribution in [3.05, 3.63) is 35.4 Å². The van der Waals surface area contributed by atoms with E-state index in [1.54, 1.807) is 0 Å². The molecular weight excluding hydrogens is 260 g/mol. The van der Waals surface area contributed by atoms with Crippen LogP contribution in [0.15, 0.2) is 18.2 Å². The van der Waals surface area contributed by atoms with E-state index in [1.165, 1.54) is 0 Å². The quantitative estimate of drug-likeness (QED) is 0.850. The van der Waals surface area contributed by atoms with Crippen molar-refractivity contribution in [1.82, 2.24) is 10.2 Å². The molecular formula is C13H16F4N2. The molecule has 0 spiro atoms. The zero-order valence-corrected chi connectivity index (χ0v) is 10.4. The Labute approximate surface area is 109 Å². The van der Waals surface area contributed by atoms with E-state index in [2.05, 4.69) is 5.32 Å². The van der Waals surface area contributed by atoms with E-state index in [9.17, 15) is 17.6 Å². The predicted molar refractivity (Wildman–Crippen MR) is 64.2 cm³/mol. The van der Waals surface area contributed by atoms with Gasteiger partial charge in [0.2, 0.25) is 6.43 Å². The van der Waals surface area contributed by atoms with Gasteiger partial charge in [-0.1, -0.05) is 0 Å². The lowest BCUT2D eigenvalue weighted by Crippen LogP contribution is -2.45. The third-order valence-electron chi connectivity index (χ3n) is 3.26. The molecule has 1 fully saturated rings. The second-order valence-electron chi connectivity index (χ2n) is 4.63. The third-order valence-corrected chi connectivity index (χ3v) is 3.26. The molecule has 0 aromatic heterocycles. The van der Waals surface area contributed by atoms with Crippen molar-refractivity contribution in [2.75, 3.05) is 26.2 Å². The lowest BCUT2D eigenvalue weighted by molar-refractivity contribution is 0.0736. The fourth-order valence-electron chi connectivity index (χ4n) is 2.43. The van der Waals surface area contributed by atoms with Gasteiger partial charge in [0.05, 0.1) is 0 Å². The summed E-state index contributed by atoms with van der Waals surface area (Å²) in [6.07, 6.45) is -2.92. The zero-order valence-electron chi connectivity index (χ0n) is 10.4. The fraction of sp³-hybridized carbons (Fsp3) is 0.538. The number of rotatable bonds is 4. The van der Waals surface area contributed by atoms with Gasteiger partial charge in [-0.15, -0.1) is 0 Å². The van der Waals surface area contributed by atoms with Crippen molar-refractivity contribution in [3.8, 4) is 0 Å². The summed E-state index contributed by atoms with van der Waals surface area (Å²) < 4.78 is 51.9. The third kappa shape index (κ3) is 3.91. The second-order valence-corrected chi connectivity index (χ2v) is 4.63. The Kier molecular flexibility index (Phi) is 4.76. The monoisotopic (exact) mass is 276 g/mol. The molecule has 1 atom stereocenters. The maximum Gasteiger partial charge on any atom is 0.240 e. The molecule has 1 N–H and O–H groups in total. The van der Waals surface area contributed by atoms with Gasteiger partial charge in [0.25, 0.3) is 0 Å². The molecule has 1 aliphatic rings. The van der Waals surface area contributed by atoms with Gasteiger partial charge in [0.1, 0.15) is 11.6 Å². The van der Waals surface area contributed by atoms with Crippen LogP contribution in [0.5, 0.6) is 0 Å². The van der Waals surface area contributed by atoms with Crippen LogP contribution >= 0.6 is 0 Å². The minimum atomic E-state index is -2.51. The molecule has 1 aromatic rings. The molecule has 19 heavy (non-hydrogen) atoms. The highest BCUT2D eigenvalue weighted by Gasteiger charge is 2.26. The van der Waals surface area contributed by atoms with Crippen molar-refractivity contribution in [3.63, 3.8) is 0 Å². The molecule has 1 aromatic carbocycles. The minimum Gasteiger partial charge on any atom is -0.314 e. The van der Waals surface area contributed by atoms with Crippen LogP contribution in [0.25, 0.3) is 0 Å². The Morgan fingerprint density at radius 3 is 2.16 bits per heavy atom. The molecule has 106 valence electrons. The summed E-state index contributed by atoms with van der Waals surface area (Å²) in [5, 5.41) is 3.12. The smallest absolute Gasteiger partial charge is 0.240 e. The van der Waals surface area contributed by atoms with Crippen molar-refractivity contribution >= 4 is 0 Å². The van der Waals surface area contributed by atoms with E-state index in [0.29, 0.717) is 26.2 Å². The Hall–Kier alpha value is -1.14. The van der Waals surface area contributed by atoms with Crippen LogP contribution in [0.2, 0.25) is 0 Å². The molecule has 2 nitrogen and oxygen atoms in total. The van der Waals surface area contributed by atoms with Gasteiger partial charge < -0.3 is 5.32 Å². The molecule has 0 amide bonds. The van der Waals surface area contributed by atoms with Crippen LogP contribution in [-0.2, 0) is 0 Å². The average molecular weight is 276 g/mol. The van der Waals surface area contributed by atoms with E-state index in [1.807, 2.05) is 4.90 Å². The number of alkyl halides is 2. The Balaban J connectivity index is 2.24. The molecule has 1 saturated heterocycles. The maximum absolute atomic E-state index is 13.2. The van der Waals surface area contributed by atoms with Crippen LogP contribution in [0.3, 0.4) is 0 Å². The number of piperazine rings is 1. The first kappa shape index (κ1) is 14.3. The van der Waals surface area contributed by atoms with Gasteiger partial charge in [-0.25, -0.2) is 17.6 Å². The lowest BCUT2D eigenvalue weighted by Gasteiger charge is -2.35. The van der Waals surface area contributed by atoms with Gasteiger partial charge in [-0.2, -0.15) is 0 Å². The fourth-order valence-corrected chi connectivity index (χ4v) is 2.43. The molecule has 0 saturated carbocycles. The van der Waals surface area contributed by atoms with E-state index in [-0.39, 0.29) is 5.56 Å². The Bertz CT molecular complexity index is 399. The predicted octanol–water partition coefficient (Wildman–Crippen LogP) is 2.57. The van der Waals surface area contributed by atoms with Gasteiger partial charge in [0, 0.05) is 44.7 Å². The van der Waals surface area contributed by atoms with Gasteiger partial charge in [-0.3, -0.25) is 4.90 Å². The van der Waals surface area contributed by atoms with Crippen LogP contribution < -0.4 is 5.32 Å². The number of benzene rings is 1. The molecule has 0 aliphatic carbocycles. The van der Waals surface area contributed by atoms with E-state index < -0.39 is 30.5 Å². The first-order chi connectivity index (χ1) is 9.06. The highest BCUT2D eigenvalue weighted by atomic mass is 19.3. The molecule has 1 aliphatic heterocycles. The summed E-state index contributed by atoms with van der Waals surface area (Å²) in [6.45, 7) is 2.57. The summed E-state index contributed by atoms with van der Waals surface area (Å²) in [4.78, 5) is 1.84. The first-order valence-electron chi connectivity index (χ1n) is 6.25. The number of nitrogens with one attached hydrogen (secondary N) is 1. The van der Waals surface area contributed by atoms with Gasteiger partial charge in [0.15, 0.2) is 0 Å². The van der Waals surface area contributed by atoms with Gasteiger partial charge >= 0.3 is 0 Å². The largest absolute Gasteiger partial charge is 0.314 e. The molecule has 2 rings (SSSR count). The standard InChI is InChI=1S/C13H16F4N2/c14-10-5-9(6-11(15)7-10)12(8-13(16)17)19-3-1-18-2-4-19/h5-7,12-13,18H,1-4,8H2/t12-/m1/s1. The van der Waals surface area contributed by atoms with E-state index in [0.717, 1.165) is 18.2 Å². The summed E-state index contributed by atoms with van der Waals surface area (Å²) in [7, 11) is 0. The van der Waals surface area contributed by atoms with Crippen molar-refractivity contribution < 1.29 is 17.6 Å². The zero-order chi connectivity index (χ0) is 13.8. The second kappa shape index (κ2) is 6.34. The number of hydrogen-bond donors (Lipinski definition) is 1. The van der Waals surface area contributed by atoms with Crippen LogP contribution in [0.1, 0.15) is 18.0 Å². The van der Waals surface area contributed by atoms with E-state index in [4.69, 9.17) is 0 Å². The molecule has 0 radical (unpaired) electrons. The van der Waals surface area contributed by atoms with Crippen molar-refractivity contribution in [2.24, 2.45) is 0 Å². The molecule has 0 unspecified atom stereocenters. The summed E-state index contributed by atoms with van der Waals surface area (Å²) >= 11 is 0. The average Bonchev–Trinajstić information content (AvgIpc) is 2.35. The van der Waals surface area contributed by atoms with E-state index >= 15 is 0 Å². The maximum atomic E-state index is 13.2. The number of halogens is 4. The summed E-state index contributed by atoms with van der Waals surface area (Å²) in [6, 6.07) is 2.38. The minimum absolute atomic E-state index is 0.278. The summed E-state index contributed by atoms with van der Waals surface area (Å²) in [5.41, 5.74) is 0.278. The molecule has 6 heteroatoms. The Morgan fingerprint density at radius 2 is 1.63 bits per heavy atom. The SMILES string of the molecule is Fc1cc(F)cc([C@@H](CC(F)F)N2CCNCC2)c1.